The lowest BCUT2D eigenvalue weighted by Crippen LogP contribution is -2.38. The van der Waals surface area contributed by atoms with E-state index in [2.05, 4.69) is 4.90 Å². The van der Waals surface area contributed by atoms with Gasteiger partial charge in [0.05, 0.1) is 20.3 Å². The lowest BCUT2D eigenvalue weighted by atomic mass is 10.2. The first-order valence-electron chi connectivity index (χ1n) is 7.21. The zero-order valence-electron chi connectivity index (χ0n) is 12.7. The predicted molar refractivity (Wildman–Crippen MR) is 82.4 cm³/mol. The quantitative estimate of drug-likeness (QED) is 0.770. The molecule has 2 rings (SSSR count). The maximum atomic E-state index is 10.5. The van der Waals surface area contributed by atoms with Crippen molar-refractivity contribution in [2.45, 2.75) is 0 Å². The number of morpholine rings is 1. The maximum absolute atomic E-state index is 10.5. The van der Waals surface area contributed by atoms with Gasteiger partial charge in [-0.2, -0.15) is 0 Å². The number of benzene rings is 1. The van der Waals surface area contributed by atoms with E-state index in [1.807, 2.05) is 0 Å². The molecule has 0 unspecified atom stereocenters. The first-order valence-corrected chi connectivity index (χ1v) is 7.21. The number of carboxylic acid groups (broad SMARTS) is 1. The average molecular weight is 307 g/mol. The van der Waals surface area contributed by atoms with Crippen LogP contribution in [0.2, 0.25) is 0 Å². The first kappa shape index (κ1) is 16.3. The number of aliphatic carboxylic acids is 1. The van der Waals surface area contributed by atoms with Gasteiger partial charge < -0.3 is 19.3 Å². The zero-order chi connectivity index (χ0) is 15.8. The van der Waals surface area contributed by atoms with Crippen molar-refractivity contribution in [2.24, 2.45) is 0 Å². The van der Waals surface area contributed by atoms with Crippen LogP contribution in [0.1, 0.15) is 5.56 Å². The second-order valence-corrected chi connectivity index (χ2v) is 4.88. The van der Waals surface area contributed by atoms with Crippen LogP contribution in [0.25, 0.3) is 6.08 Å². The van der Waals surface area contributed by atoms with Crippen molar-refractivity contribution in [1.82, 2.24) is 4.90 Å². The molecule has 1 aromatic carbocycles. The molecule has 1 aliphatic rings. The van der Waals surface area contributed by atoms with Gasteiger partial charge in [0.1, 0.15) is 6.61 Å². The predicted octanol–water partition coefficient (Wildman–Crippen LogP) is 1.50. The summed E-state index contributed by atoms with van der Waals surface area (Å²) in [6.45, 7) is 4.81. The maximum Gasteiger partial charge on any atom is 0.328 e. The molecule has 6 heteroatoms. The number of methoxy groups -OCH3 is 1. The van der Waals surface area contributed by atoms with Crippen LogP contribution in [-0.2, 0) is 9.53 Å². The Hall–Kier alpha value is -2.05. The standard InChI is InChI=1S/C16H21NO5/c1-20-15-12-13(3-5-16(18)19)2-4-14(15)22-11-8-17-6-9-21-10-7-17/h2-5,12H,6-11H2,1H3,(H,18,19). The van der Waals surface area contributed by atoms with Crippen molar-refractivity contribution in [1.29, 1.82) is 0 Å². The normalized spacial score (nSPS) is 15.9. The van der Waals surface area contributed by atoms with Gasteiger partial charge in [-0.1, -0.05) is 6.07 Å². The smallest absolute Gasteiger partial charge is 0.328 e. The number of carbonyl (C=O) groups is 1. The minimum absolute atomic E-state index is 0.570. The lowest BCUT2D eigenvalue weighted by molar-refractivity contribution is -0.131. The van der Waals surface area contributed by atoms with Crippen molar-refractivity contribution < 1.29 is 24.1 Å². The third-order valence-corrected chi connectivity index (χ3v) is 3.37. The third kappa shape index (κ3) is 5.05. The molecule has 0 radical (unpaired) electrons. The van der Waals surface area contributed by atoms with E-state index < -0.39 is 5.97 Å². The van der Waals surface area contributed by atoms with Gasteiger partial charge in [0.2, 0.25) is 0 Å². The monoisotopic (exact) mass is 307 g/mol. The molecule has 6 nitrogen and oxygen atoms in total. The highest BCUT2D eigenvalue weighted by molar-refractivity contribution is 5.85. The molecule has 1 heterocycles. The number of ether oxygens (including phenoxy) is 3. The summed E-state index contributed by atoms with van der Waals surface area (Å²) < 4.78 is 16.4. The molecule has 0 atom stereocenters. The fourth-order valence-corrected chi connectivity index (χ4v) is 2.18. The molecule has 1 aromatic rings. The van der Waals surface area contributed by atoms with Gasteiger partial charge in [0.15, 0.2) is 11.5 Å². The minimum atomic E-state index is -0.982. The number of nitrogens with zero attached hydrogens (tertiary/aromatic N) is 1. The van der Waals surface area contributed by atoms with E-state index in [1.165, 1.54) is 6.08 Å². The summed E-state index contributed by atoms with van der Waals surface area (Å²) in [7, 11) is 1.56. The molecule has 1 saturated heterocycles. The van der Waals surface area contributed by atoms with Crippen LogP contribution in [0.15, 0.2) is 24.3 Å². The van der Waals surface area contributed by atoms with Crippen LogP contribution < -0.4 is 9.47 Å². The molecule has 1 N–H and O–H groups in total. The number of hydrogen-bond donors (Lipinski definition) is 1. The van der Waals surface area contributed by atoms with E-state index in [-0.39, 0.29) is 0 Å². The average Bonchev–Trinajstić information content (AvgIpc) is 2.54. The largest absolute Gasteiger partial charge is 0.493 e. The van der Waals surface area contributed by atoms with E-state index >= 15 is 0 Å². The van der Waals surface area contributed by atoms with Crippen LogP contribution in [-0.4, -0.2) is 62.5 Å². The summed E-state index contributed by atoms with van der Waals surface area (Å²) in [5, 5.41) is 8.64. The van der Waals surface area contributed by atoms with Crippen LogP contribution in [0.5, 0.6) is 11.5 Å². The fraction of sp³-hybridized carbons (Fsp3) is 0.438. The van der Waals surface area contributed by atoms with Crippen molar-refractivity contribution in [3.63, 3.8) is 0 Å². The molecule has 0 bridgehead atoms. The SMILES string of the molecule is COc1cc(C=CC(=O)O)ccc1OCCN1CCOCC1. The molecular formula is C16H21NO5. The first-order chi connectivity index (χ1) is 10.7. The molecule has 120 valence electrons. The summed E-state index contributed by atoms with van der Waals surface area (Å²) in [6, 6.07) is 5.34. The van der Waals surface area contributed by atoms with Crippen molar-refractivity contribution in [3.05, 3.63) is 29.8 Å². The molecular weight excluding hydrogens is 286 g/mol. The van der Waals surface area contributed by atoms with Gasteiger partial charge in [-0.3, -0.25) is 4.90 Å². The highest BCUT2D eigenvalue weighted by atomic mass is 16.5. The van der Waals surface area contributed by atoms with E-state index in [0.29, 0.717) is 18.1 Å². The Bertz CT molecular complexity index is 523. The van der Waals surface area contributed by atoms with Gasteiger partial charge in [-0.15, -0.1) is 0 Å². The minimum Gasteiger partial charge on any atom is -0.493 e. The zero-order valence-corrected chi connectivity index (χ0v) is 12.7. The molecule has 0 amide bonds. The Balaban J connectivity index is 1.90. The second-order valence-electron chi connectivity index (χ2n) is 4.88. The Morgan fingerprint density at radius 1 is 1.36 bits per heavy atom. The lowest BCUT2D eigenvalue weighted by Gasteiger charge is -2.26. The van der Waals surface area contributed by atoms with Crippen molar-refractivity contribution >= 4 is 12.0 Å². The summed E-state index contributed by atoms with van der Waals surface area (Å²) in [4.78, 5) is 12.8. The molecule has 1 fully saturated rings. The van der Waals surface area contributed by atoms with Gasteiger partial charge >= 0.3 is 5.97 Å². The van der Waals surface area contributed by atoms with Crippen LogP contribution in [0.3, 0.4) is 0 Å². The Morgan fingerprint density at radius 2 is 2.14 bits per heavy atom. The van der Waals surface area contributed by atoms with Crippen LogP contribution in [0, 0.1) is 0 Å². The molecule has 0 spiro atoms. The van der Waals surface area contributed by atoms with Crippen molar-refractivity contribution in [3.8, 4) is 11.5 Å². The Kier molecular flexibility index (Phi) is 6.24. The van der Waals surface area contributed by atoms with E-state index in [1.54, 1.807) is 25.3 Å². The number of carboxylic acids is 1. The van der Waals surface area contributed by atoms with E-state index in [9.17, 15) is 4.79 Å². The highest BCUT2D eigenvalue weighted by Crippen LogP contribution is 2.28. The molecule has 22 heavy (non-hydrogen) atoms. The van der Waals surface area contributed by atoms with Gasteiger partial charge in [0, 0.05) is 25.7 Å². The van der Waals surface area contributed by atoms with E-state index in [4.69, 9.17) is 19.3 Å². The van der Waals surface area contributed by atoms with Crippen LogP contribution >= 0.6 is 0 Å². The molecule has 0 aliphatic carbocycles. The summed E-state index contributed by atoms with van der Waals surface area (Å²) in [6.07, 6.45) is 2.61. The van der Waals surface area contributed by atoms with Gasteiger partial charge in [0.25, 0.3) is 0 Å². The molecule has 1 aliphatic heterocycles. The summed E-state index contributed by atoms with van der Waals surface area (Å²) in [5.41, 5.74) is 0.750. The van der Waals surface area contributed by atoms with Crippen molar-refractivity contribution in [2.75, 3.05) is 46.6 Å². The summed E-state index contributed by atoms with van der Waals surface area (Å²) >= 11 is 0. The number of rotatable bonds is 7. The molecule has 0 aromatic heterocycles. The Labute approximate surface area is 129 Å². The second kappa shape index (κ2) is 8.41. The van der Waals surface area contributed by atoms with Gasteiger partial charge in [-0.25, -0.2) is 4.79 Å². The topological polar surface area (TPSA) is 68.2 Å². The number of hydrogen-bond acceptors (Lipinski definition) is 5. The highest BCUT2D eigenvalue weighted by Gasteiger charge is 2.11. The molecule has 0 saturated carbocycles. The van der Waals surface area contributed by atoms with E-state index in [0.717, 1.165) is 44.5 Å². The summed E-state index contributed by atoms with van der Waals surface area (Å²) in [5.74, 6) is 0.266. The Morgan fingerprint density at radius 3 is 2.82 bits per heavy atom. The van der Waals surface area contributed by atoms with Crippen LogP contribution in [0.4, 0.5) is 0 Å². The third-order valence-electron chi connectivity index (χ3n) is 3.37. The van der Waals surface area contributed by atoms with Gasteiger partial charge in [-0.05, 0) is 23.8 Å². The fourth-order valence-electron chi connectivity index (χ4n) is 2.18.